The van der Waals surface area contributed by atoms with E-state index in [0.717, 1.165) is 19.3 Å². The van der Waals surface area contributed by atoms with Crippen molar-refractivity contribution >= 4 is 7.80 Å². The smallest absolute Gasteiger partial charge is 0.330 e. The molecule has 4 atom stereocenters. The summed E-state index contributed by atoms with van der Waals surface area (Å²) in [4.78, 5) is 26.5. The Morgan fingerprint density at radius 1 is 1.38 bits per heavy atom. The van der Waals surface area contributed by atoms with Crippen LogP contribution in [-0.4, -0.2) is 28.0 Å². The molecule has 0 radical (unpaired) electrons. The van der Waals surface area contributed by atoms with E-state index in [9.17, 15) is 14.2 Å². The Morgan fingerprint density at radius 3 is 2.73 bits per heavy atom. The number of H-pyrrole nitrogens is 1. The van der Waals surface area contributed by atoms with Gasteiger partial charge in [0, 0.05) is 31.1 Å². The number of ether oxygens (including phenoxy) is 1. The van der Waals surface area contributed by atoms with Gasteiger partial charge in [0.2, 0.25) is 0 Å². The quantitative estimate of drug-likeness (QED) is 0.469. The van der Waals surface area contributed by atoms with Crippen LogP contribution in [-0.2, 0) is 9.30 Å². The Balaban J connectivity index is 2.19. The van der Waals surface area contributed by atoms with E-state index >= 15 is 0 Å². The van der Waals surface area contributed by atoms with Crippen LogP contribution in [0.4, 0.5) is 0 Å². The first-order chi connectivity index (χ1) is 12.5. The lowest BCUT2D eigenvalue weighted by atomic mass is 10.2. The summed E-state index contributed by atoms with van der Waals surface area (Å²) in [5, 5.41) is 0. The average molecular weight is 376 g/mol. The number of hydrogen-bond donors (Lipinski definition) is 1. The highest BCUT2D eigenvalue weighted by Crippen LogP contribution is 2.42. The summed E-state index contributed by atoms with van der Waals surface area (Å²) in [6, 6.07) is 0. The first kappa shape index (κ1) is 20.3. The highest BCUT2D eigenvalue weighted by atomic mass is 31.1. The predicted molar refractivity (Wildman–Crippen MR) is 103 cm³/mol. The summed E-state index contributed by atoms with van der Waals surface area (Å²) >= 11 is 0. The van der Waals surface area contributed by atoms with Crippen LogP contribution >= 0.6 is 7.80 Å². The summed E-state index contributed by atoms with van der Waals surface area (Å²) < 4.78 is 19.2. The maximum Gasteiger partial charge on any atom is 0.330 e. The fourth-order valence-electron chi connectivity index (χ4n) is 3.10. The summed E-state index contributed by atoms with van der Waals surface area (Å²) in [5.74, 6) is 8.34. The zero-order valence-corrected chi connectivity index (χ0v) is 16.2. The van der Waals surface area contributed by atoms with E-state index in [1.54, 1.807) is 6.66 Å². The van der Waals surface area contributed by atoms with Gasteiger partial charge in [-0.3, -0.25) is 14.3 Å². The minimum atomic E-state index is -1.77. The second kappa shape index (κ2) is 9.62. The van der Waals surface area contributed by atoms with Gasteiger partial charge in [-0.2, -0.15) is 0 Å². The van der Waals surface area contributed by atoms with E-state index in [2.05, 4.69) is 22.7 Å². The Bertz CT molecular complexity index is 868. The molecule has 7 heteroatoms. The number of unbranched alkanes of at least 4 members (excludes halogenated alkanes) is 3. The topological polar surface area (TPSA) is 81.2 Å². The molecule has 1 aromatic heterocycles. The van der Waals surface area contributed by atoms with Crippen LogP contribution in [0.5, 0.6) is 0 Å². The van der Waals surface area contributed by atoms with E-state index in [1.165, 1.54) is 10.8 Å². The first-order valence-corrected chi connectivity index (χ1v) is 10.9. The highest BCUT2D eigenvalue weighted by Gasteiger charge is 2.37. The van der Waals surface area contributed by atoms with Crippen molar-refractivity contribution in [3.8, 4) is 24.2 Å². The minimum absolute atomic E-state index is 0.0560. The van der Waals surface area contributed by atoms with E-state index < -0.39 is 25.3 Å². The first-order valence-electron chi connectivity index (χ1n) is 8.91. The van der Waals surface area contributed by atoms with Crippen LogP contribution < -0.4 is 11.2 Å². The summed E-state index contributed by atoms with van der Waals surface area (Å²) in [5.41, 5.74) is -0.871. The molecule has 1 fully saturated rings. The predicted octanol–water partition coefficient (Wildman–Crippen LogP) is 2.34. The molecular formula is C19H25N2O4P. The molecule has 140 valence electrons. The number of nitrogens with zero attached hydrogens (tertiary/aromatic N) is 1. The Kier molecular flexibility index (Phi) is 7.51. The fourth-order valence-corrected chi connectivity index (χ4v) is 4.47. The average Bonchev–Trinajstić information content (AvgIpc) is 3.04. The van der Waals surface area contributed by atoms with Gasteiger partial charge in [0.1, 0.15) is 11.8 Å². The molecule has 0 spiro atoms. The number of aromatic nitrogens is 2. The lowest BCUT2D eigenvalue weighted by Crippen LogP contribution is -2.33. The van der Waals surface area contributed by atoms with Gasteiger partial charge < -0.3 is 9.30 Å². The van der Waals surface area contributed by atoms with Crippen LogP contribution in [0.2, 0.25) is 0 Å². The van der Waals surface area contributed by atoms with Crippen LogP contribution in [0.25, 0.3) is 0 Å². The Morgan fingerprint density at radius 2 is 2.12 bits per heavy atom. The molecule has 1 aliphatic rings. The SMILES string of the molecule is C#CCCCCC#Cc1cn(C2CC([PH](C)=O)C(CC)O2)c(=O)[nH]c1=O. The molecule has 0 amide bonds. The molecule has 1 aliphatic heterocycles. The van der Waals surface area contributed by atoms with Crippen molar-refractivity contribution < 1.29 is 9.30 Å². The van der Waals surface area contributed by atoms with Gasteiger partial charge in [0.15, 0.2) is 0 Å². The number of aromatic amines is 1. The Labute approximate surface area is 154 Å². The van der Waals surface area contributed by atoms with Crippen molar-refractivity contribution in [2.45, 2.75) is 63.4 Å². The van der Waals surface area contributed by atoms with Crippen molar-refractivity contribution in [3.05, 3.63) is 32.6 Å². The lowest BCUT2D eigenvalue weighted by molar-refractivity contribution is -0.00159. The second-order valence-corrected chi connectivity index (χ2v) is 8.38. The van der Waals surface area contributed by atoms with Crippen LogP contribution in [0.1, 0.15) is 57.2 Å². The standard InChI is InChI=1S/C19H25N2O4P/c1-4-6-7-8-9-10-11-14-13-21(19(23)20-18(14)22)17-12-16(26(3)24)15(5-2)25-17/h1,13,15-17,26H,5-9,12H2,2-3H3,(H,20,22,23). The lowest BCUT2D eigenvalue weighted by Gasteiger charge is -2.15. The zero-order valence-electron chi connectivity index (χ0n) is 15.2. The summed E-state index contributed by atoms with van der Waals surface area (Å²) in [7, 11) is -1.77. The molecule has 0 aromatic carbocycles. The van der Waals surface area contributed by atoms with Crippen LogP contribution in [0, 0.1) is 24.2 Å². The van der Waals surface area contributed by atoms with Crippen molar-refractivity contribution in [1.82, 2.24) is 9.55 Å². The molecule has 0 saturated carbocycles. The molecule has 0 bridgehead atoms. The molecule has 26 heavy (non-hydrogen) atoms. The van der Waals surface area contributed by atoms with Crippen molar-refractivity contribution in [3.63, 3.8) is 0 Å². The third-order valence-corrected chi connectivity index (χ3v) is 6.19. The van der Waals surface area contributed by atoms with E-state index in [1.807, 2.05) is 6.92 Å². The number of rotatable bonds is 6. The fraction of sp³-hybridized carbons (Fsp3) is 0.579. The molecule has 6 nitrogen and oxygen atoms in total. The molecule has 1 aromatic rings. The van der Waals surface area contributed by atoms with Crippen molar-refractivity contribution in [1.29, 1.82) is 0 Å². The largest absolute Gasteiger partial charge is 0.354 e. The minimum Gasteiger partial charge on any atom is -0.354 e. The Hall–Kier alpha value is -2.01. The van der Waals surface area contributed by atoms with Crippen molar-refractivity contribution in [2.24, 2.45) is 0 Å². The van der Waals surface area contributed by atoms with Crippen LogP contribution in [0.15, 0.2) is 15.8 Å². The number of nitrogens with one attached hydrogen (secondary N) is 1. The van der Waals surface area contributed by atoms with E-state index in [-0.39, 0.29) is 17.3 Å². The van der Waals surface area contributed by atoms with Gasteiger partial charge >= 0.3 is 5.69 Å². The van der Waals surface area contributed by atoms with Crippen LogP contribution in [0.3, 0.4) is 0 Å². The van der Waals surface area contributed by atoms with Gasteiger partial charge in [-0.15, -0.1) is 12.3 Å². The third kappa shape index (κ3) is 5.01. The molecular weight excluding hydrogens is 351 g/mol. The van der Waals surface area contributed by atoms with Gasteiger partial charge in [0.25, 0.3) is 5.56 Å². The third-order valence-electron chi connectivity index (χ3n) is 4.53. The molecule has 2 rings (SSSR count). The maximum atomic E-state index is 12.2. The summed E-state index contributed by atoms with van der Waals surface area (Å²) in [6.07, 6.45) is 10.3. The summed E-state index contributed by atoms with van der Waals surface area (Å²) in [6.45, 7) is 3.69. The normalized spacial score (nSPS) is 23.0. The van der Waals surface area contributed by atoms with E-state index in [0.29, 0.717) is 19.3 Å². The van der Waals surface area contributed by atoms with Gasteiger partial charge in [-0.1, -0.05) is 18.8 Å². The van der Waals surface area contributed by atoms with E-state index in [4.69, 9.17) is 11.2 Å². The van der Waals surface area contributed by atoms with Crippen molar-refractivity contribution in [2.75, 3.05) is 6.66 Å². The molecule has 1 N–H and O–H groups in total. The molecule has 0 aliphatic carbocycles. The molecule has 1 saturated heterocycles. The number of terminal acetylenes is 1. The maximum absolute atomic E-state index is 12.2. The van der Waals surface area contributed by atoms with Gasteiger partial charge in [-0.25, -0.2) is 4.79 Å². The van der Waals surface area contributed by atoms with Gasteiger partial charge in [0.05, 0.1) is 13.9 Å². The highest BCUT2D eigenvalue weighted by molar-refractivity contribution is 7.44. The monoisotopic (exact) mass is 376 g/mol. The second-order valence-electron chi connectivity index (χ2n) is 6.41. The molecule has 4 unspecified atom stereocenters. The number of hydrogen-bond acceptors (Lipinski definition) is 4. The molecule has 2 heterocycles. The van der Waals surface area contributed by atoms with Gasteiger partial charge in [-0.05, 0) is 25.9 Å². The zero-order chi connectivity index (χ0) is 19.1.